The van der Waals surface area contributed by atoms with Crippen molar-refractivity contribution in [2.75, 3.05) is 0 Å². The molecule has 0 atom stereocenters. The van der Waals surface area contributed by atoms with Crippen molar-refractivity contribution >= 4 is 51.4 Å². The molecule has 0 spiro atoms. The maximum atomic E-state index is 8.33. The fourth-order valence-electron chi connectivity index (χ4n) is 0. The molecule has 0 aromatic rings. The third-order valence-corrected chi connectivity index (χ3v) is 0. The summed E-state index contributed by atoms with van der Waals surface area (Å²) in [6.45, 7) is 0. The third kappa shape index (κ3) is 94.2. The van der Waals surface area contributed by atoms with Gasteiger partial charge in [-0.2, -0.15) is 0 Å². The standard InChI is InChI=1S/K.2N2.O.W.Y/c;2*1-2;;;. The topological polar surface area (TPSA) is 112 Å². The molecule has 5 nitrogen and oxygen atoms in total. The van der Waals surface area contributed by atoms with Crippen molar-refractivity contribution in [3.63, 3.8) is 0 Å². The zero-order chi connectivity index (χ0) is 6.00. The molecule has 0 amide bonds. The molecule has 0 aromatic heterocycles. The van der Waals surface area contributed by atoms with Gasteiger partial charge in [-0.25, -0.2) is 0 Å². The first-order valence-electron chi connectivity index (χ1n) is 0.567. The smallest absolute Gasteiger partial charge is 0 e. The van der Waals surface area contributed by atoms with Gasteiger partial charge in [0.2, 0.25) is 0 Å². The van der Waals surface area contributed by atoms with Crippen LogP contribution in [0.3, 0.4) is 0 Å². The van der Waals surface area contributed by atoms with Crippen molar-refractivity contribution in [2.24, 2.45) is 0 Å². The average Bonchev–Trinajstić information content (AvgIpc) is 1.81. The van der Waals surface area contributed by atoms with Crippen LogP contribution in [0.2, 0.25) is 0 Å². The number of nitrogens with zero attached hydrogens (tertiary/aromatic N) is 4. The van der Waals surface area contributed by atoms with Crippen LogP contribution in [-0.2, 0) is 55.9 Å². The normalized spacial score (nSPS) is 1.00. The Balaban J connectivity index is -0.00000000500. The van der Waals surface area contributed by atoms with Crippen LogP contribution in [0.1, 0.15) is 0 Å². The molecule has 0 heterocycles. The molecule has 36 valence electrons. The third-order valence-electron chi connectivity index (χ3n) is 0. The van der Waals surface area contributed by atoms with Crippen LogP contribution in [-0.4, -0.2) is 51.4 Å². The van der Waals surface area contributed by atoms with E-state index < -0.39 is 0 Å². The Hall–Kier alpha value is 2.07. The van der Waals surface area contributed by atoms with Crippen LogP contribution in [0.15, 0.2) is 0 Å². The second kappa shape index (κ2) is 138. The van der Waals surface area contributed by atoms with Gasteiger partial charge in [0.05, 0.1) is 0 Å². The van der Waals surface area contributed by atoms with E-state index in [0.717, 1.165) is 0 Å². The minimum atomic E-state index is 0. The van der Waals surface area contributed by atoms with E-state index in [2.05, 4.69) is 0 Å². The van der Waals surface area contributed by atoms with Crippen molar-refractivity contribution in [3.8, 4) is 0 Å². The molecule has 0 bridgehead atoms. The Morgan fingerprint density at radius 2 is 0.875 bits per heavy atom. The van der Waals surface area contributed by atoms with E-state index in [1.54, 1.807) is 0 Å². The fourth-order valence-corrected chi connectivity index (χ4v) is 0. The van der Waals surface area contributed by atoms with Gasteiger partial charge in [-0.1, -0.05) is 0 Å². The molecular formula is KN4OWY. The van der Waals surface area contributed by atoms with Gasteiger partial charge in [0, 0.05) is 106 Å². The molecule has 0 aliphatic heterocycles. The molecule has 0 aromatic carbocycles. The van der Waals surface area contributed by atoms with Crippen molar-refractivity contribution < 1.29 is 55.9 Å². The maximum Gasteiger partial charge on any atom is 0 e. The quantitative estimate of drug-likeness (QED) is 0.415. The summed E-state index contributed by atoms with van der Waals surface area (Å²) in [5, 5.41) is 24.0. The van der Waals surface area contributed by atoms with Gasteiger partial charge in [-0.05, 0) is 0 Å². The zero-order valence-corrected chi connectivity index (χ0v) is 13.1. The van der Waals surface area contributed by atoms with Crippen molar-refractivity contribution in [1.29, 1.82) is 21.6 Å². The molecular weight excluding hydrogens is 384 g/mol. The Labute approximate surface area is 126 Å². The Bertz CT molecular complexity index is 39.8. The first kappa shape index (κ1) is 32.2. The summed E-state index contributed by atoms with van der Waals surface area (Å²) >= 11 is 0.333. The minimum Gasteiger partial charge on any atom is 0 e. The molecule has 0 unspecified atom stereocenters. The van der Waals surface area contributed by atoms with E-state index >= 15 is 0 Å². The molecule has 2 radical (unpaired) electrons. The monoisotopic (exact) mass is 384 g/mol. The van der Waals surface area contributed by atoms with E-state index in [1.807, 2.05) is 0 Å². The van der Waals surface area contributed by atoms with Gasteiger partial charge >= 0.3 is 23.2 Å². The van der Waals surface area contributed by atoms with Crippen LogP contribution in [0, 0.1) is 21.6 Å². The van der Waals surface area contributed by atoms with E-state index in [4.69, 9.17) is 25.0 Å². The predicted molar refractivity (Wildman–Crippen MR) is 13.3 cm³/mol. The largest absolute Gasteiger partial charge is 0 e. The summed E-state index contributed by atoms with van der Waals surface area (Å²) in [5.74, 6) is 0. The van der Waals surface area contributed by atoms with Gasteiger partial charge in [-0.15, -0.1) is 0 Å². The van der Waals surface area contributed by atoms with Gasteiger partial charge in [-0.3, -0.25) is 0 Å². The number of rotatable bonds is 0. The van der Waals surface area contributed by atoms with E-state index in [1.165, 1.54) is 0 Å². The van der Waals surface area contributed by atoms with E-state index in [0.29, 0.717) is 19.8 Å². The van der Waals surface area contributed by atoms with Crippen molar-refractivity contribution in [1.82, 2.24) is 0 Å². The van der Waals surface area contributed by atoms with Crippen LogP contribution < -0.4 is 0 Å². The molecule has 8 heteroatoms. The SMILES string of the molecule is N#N.N#N.[K].[O]=[W].[Y]. The van der Waals surface area contributed by atoms with E-state index in [-0.39, 0.29) is 84.1 Å². The Kier molecular flexibility index (Phi) is 556. The molecule has 0 aliphatic rings. The molecule has 0 aliphatic carbocycles. The fraction of sp³-hybridized carbons (Fsp3) is 0. The summed E-state index contributed by atoms with van der Waals surface area (Å²) in [6, 6.07) is 0. The van der Waals surface area contributed by atoms with Gasteiger partial charge in [0.15, 0.2) is 0 Å². The summed E-state index contributed by atoms with van der Waals surface area (Å²) < 4.78 is 8.33. The first-order chi connectivity index (χ1) is 3.00. The molecule has 8 heavy (non-hydrogen) atoms. The Morgan fingerprint density at radius 3 is 0.875 bits per heavy atom. The first-order valence-corrected chi connectivity index (χ1v) is 1.76. The zero-order valence-electron chi connectivity index (χ0n) is 4.18. The molecule has 0 saturated heterocycles. The Morgan fingerprint density at radius 1 is 0.875 bits per heavy atom. The second-order valence-electron chi connectivity index (χ2n) is 0. The number of hydrogen-bond donors (Lipinski definition) is 0. The minimum absolute atomic E-state index is 0. The maximum absolute atomic E-state index is 8.33. The summed E-state index contributed by atoms with van der Waals surface area (Å²) in [4.78, 5) is 0. The second-order valence-corrected chi connectivity index (χ2v) is 0. The summed E-state index contributed by atoms with van der Waals surface area (Å²) in [5.41, 5.74) is 0. The average molecular weight is 384 g/mol. The van der Waals surface area contributed by atoms with Gasteiger partial charge in [0.1, 0.15) is 0 Å². The predicted octanol–water partition coefficient (Wildman–Crippen LogP) is -0.444. The van der Waals surface area contributed by atoms with Crippen LogP contribution in [0.4, 0.5) is 0 Å². The molecule has 0 saturated carbocycles. The van der Waals surface area contributed by atoms with Crippen LogP contribution >= 0.6 is 0 Å². The number of hydrogen-bond acceptors (Lipinski definition) is 5. The van der Waals surface area contributed by atoms with E-state index in [9.17, 15) is 0 Å². The van der Waals surface area contributed by atoms with Crippen molar-refractivity contribution in [2.45, 2.75) is 0 Å². The van der Waals surface area contributed by atoms with Crippen LogP contribution in [0.5, 0.6) is 0 Å². The van der Waals surface area contributed by atoms with Gasteiger partial charge < -0.3 is 0 Å². The van der Waals surface area contributed by atoms with Gasteiger partial charge in [0.25, 0.3) is 0 Å². The molecule has 0 rings (SSSR count). The van der Waals surface area contributed by atoms with Crippen molar-refractivity contribution in [3.05, 3.63) is 0 Å². The van der Waals surface area contributed by atoms with Crippen LogP contribution in [0.25, 0.3) is 0 Å². The summed E-state index contributed by atoms with van der Waals surface area (Å²) in [7, 11) is 0. The molecule has 0 fully saturated rings. The molecule has 0 N–H and O–H groups in total. The summed E-state index contributed by atoms with van der Waals surface area (Å²) in [6.07, 6.45) is 0.